The molecule has 1 saturated heterocycles. The van der Waals surface area contributed by atoms with E-state index >= 15 is 0 Å². The molecule has 0 spiro atoms. The van der Waals surface area contributed by atoms with Gasteiger partial charge in [0.25, 0.3) is 0 Å². The molecule has 1 aliphatic heterocycles. The Balaban J connectivity index is 1.85. The van der Waals surface area contributed by atoms with Crippen molar-refractivity contribution in [3.05, 3.63) is 54.9 Å². The second kappa shape index (κ2) is 7.53. The van der Waals surface area contributed by atoms with Crippen molar-refractivity contribution in [1.82, 2.24) is 15.0 Å². The van der Waals surface area contributed by atoms with E-state index in [4.69, 9.17) is 10.5 Å². The minimum atomic E-state index is -3.77. The minimum absolute atomic E-state index is 0.0190. The lowest BCUT2D eigenvalue weighted by atomic mass is 10.2. The number of hydrogen-bond acceptors (Lipinski definition) is 8. The van der Waals surface area contributed by atoms with Crippen molar-refractivity contribution in [2.75, 3.05) is 36.9 Å². The van der Waals surface area contributed by atoms with Crippen LogP contribution in [-0.2, 0) is 14.6 Å². The van der Waals surface area contributed by atoms with Crippen LogP contribution in [0.25, 0.3) is 11.3 Å². The molecule has 3 heterocycles. The highest BCUT2D eigenvalue weighted by Gasteiger charge is 2.23. The predicted octanol–water partition coefficient (Wildman–Crippen LogP) is 1.79. The first-order valence-electron chi connectivity index (χ1n) is 8.77. The number of nitrogen functional groups attached to an aromatic ring is 1. The average Bonchev–Trinajstić information content (AvgIpc) is 2.75. The van der Waals surface area contributed by atoms with Crippen LogP contribution in [0.5, 0.6) is 0 Å². The number of sulfone groups is 1. The fourth-order valence-electron chi connectivity index (χ4n) is 2.97. The summed E-state index contributed by atoms with van der Waals surface area (Å²) in [4.78, 5) is 14.7. The molecule has 1 aliphatic rings. The van der Waals surface area contributed by atoms with Gasteiger partial charge >= 0.3 is 0 Å². The van der Waals surface area contributed by atoms with Gasteiger partial charge in [-0.2, -0.15) is 0 Å². The zero-order valence-electron chi connectivity index (χ0n) is 15.0. The molecule has 2 N–H and O–H groups in total. The number of ether oxygens (including phenoxy) is 1. The van der Waals surface area contributed by atoms with Gasteiger partial charge in [-0.25, -0.2) is 23.4 Å². The Hall–Kier alpha value is -3.04. The first kappa shape index (κ1) is 18.3. The van der Waals surface area contributed by atoms with Crippen LogP contribution in [0.1, 0.15) is 0 Å². The largest absolute Gasteiger partial charge is 0.378 e. The summed E-state index contributed by atoms with van der Waals surface area (Å²) in [5, 5.41) is -0.0190. The number of nitrogens with two attached hydrogens (primary N) is 1. The van der Waals surface area contributed by atoms with Crippen LogP contribution in [0.3, 0.4) is 0 Å². The number of benzene rings is 1. The molecular formula is C19H19N5O3S. The van der Waals surface area contributed by atoms with Gasteiger partial charge in [-0.1, -0.05) is 18.2 Å². The molecule has 0 saturated carbocycles. The molecule has 144 valence electrons. The molecule has 4 rings (SSSR count). The third-order valence-electron chi connectivity index (χ3n) is 4.46. The number of anilines is 2. The summed E-state index contributed by atoms with van der Waals surface area (Å²) >= 11 is 0. The van der Waals surface area contributed by atoms with Gasteiger partial charge in [0.1, 0.15) is 0 Å². The lowest BCUT2D eigenvalue weighted by Gasteiger charge is -2.29. The first-order chi connectivity index (χ1) is 13.5. The summed E-state index contributed by atoms with van der Waals surface area (Å²) in [6.07, 6.45) is 3.07. The zero-order chi connectivity index (χ0) is 19.6. The Morgan fingerprint density at radius 3 is 2.36 bits per heavy atom. The van der Waals surface area contributed by atoms with Crippen molar-refractivity contribution >= 4 is 21.5 Å². The van der Waals surface area contributed by atoms with Crippen molar-refractivity contribution in [1.29, 1.82) is 0 Å². The van der Waals surface area contributed by atoms with Crippen LogP contribution >= 0.6 is 0 Å². The maximum Gasteiger partial charge on any atom is 0.223 e. The van der Waals surface area contributed by atoms with Gasteiger partial charge in [-0.05, 0) is 24.3 Å². The minimum Gasteiger partial charge on any atom is -0.378 e. The summed E-state index contributed by atoms with van der Waals surface area (Å²) in [5.74, 6) is 0.144. The summed E-state index contributed by atoms with van der Waals surface area (Å²) in [6, 6.07) is 11.7. The Kier molecular flexibility index (Phi) is 4.93. The zero-order valence-corrected chi connectivity index (χ0v) is 15.8. The maximum absolute atomic E-state index is 13.1. The number of rotatable bonds is 4. The number of morpholine rings is 1. The van der Waals surface area contributed by atoms with Crippen molar-refractivity contribution in [2.45, 2.75) is 9.92 Å². The van der Waals surface area contributed by atoms with E-state index in [1.165, 1.54) is 12.4 Å². The Bertz CT molecular complexity index is 1070. The number of nitrogens with zero attached hydrogens (tertiary/aromatic N) is 4. The van der Waals surface area contributed by atoms with E-state index in [2.05, 4.69) is 19.9 Å². The molecule has 0 atom stereocenters. The van der Waals surface area contributed by atoms with Crippen LogP contribution in [0.15, 0.2) is 64.8 Å². The lowest BCUT2D eigenvalue weighted by molar-refractivity contribution is 0.122. The Morgan fingerprint density at radius 2 is 1.68 bits per heavy atom. The van der Waals surface area contributed by atoms with Crippen LogP contribution in [0.4, 0.5) is 11.6 Å². The van der Waals surface area contributed by atoms with E-state index in [1.54, 1.807) is 36.4 Å². The fourth-order valence-corrected chi connectivity index (χ4v) is 4.22. The smallest absolute Gasteiger partial charge is 0.223 e. The Morgan fingerprint density at radius 1 is 1.00 bits per heavy atom. The standard InChI is InChI=1S/C19H19N5O3S/c20-19-21-12-14(13-22-19)17-10-15(24-6-8-27-9-7-24)11-18(23-17)28(25,26)16-4-2-1-3-5-16/h1-5,10-13H,6-9H2,(H2,20,21,22). The molecule has 3 aromatic rings. The van der Waals surface area contributed by atoms with Gasteiger partial charge in [0.15, 0.2) is 5.03 Å². The lowest BCUT2D eigenvalue weighted by Crippen LogP contribution is -2.36. The highest BCUT2D eigenvalue weighted by molar-refractivity contribution is 7.91. The van der Waals surface area contributed by atoms with Crippen molar-refractivity contribution in [3.63, 3.8) is 0 Å². The van der Waals surface area contributed by atoms with Crippen LogP contribution in [0, 0.1) is 0 Å². The molecule has 28 heavy (non-hydrogen) atoms. The van der Waals surface area contributed by atoms with E-state index in [-0.39, 0.29) is 15.9 Å². The number of hydrogen-bond donors (Lipinski definition) is 1. The normalized spacial score (nSPS) is 14.8. The van der Waals surface area contributed by atoms with Gasteiger partial charge in [-0.15, -0.1) is 0 Å². The summed E-state index contributed by atoms with van der Waals surface area (Å²) in [5.41, 5.74) is 7.39. The highest BCUT2D eigenvalue weighted by Crippen LogP contribution is 2.29. The molecule has 1 fully saturated rings. The SMILES string of the molecule is Nc1ncc(-c2cc(N3CCOCC3)cc(S(=O)(=O)c3ccccc3)n2)cn1. The van der Waals surface area contributed by atoms with E-state index in [1.807, 2.05) is 6.07 Å². The summed E-state index contributed by atoms with van der Waals surface area (Å²) in [7, 11) is -3.77. The van der Waals surface area contributed by atoms with Gasteiger partial charge in [0.2, 0.25) is 15.8 Å². The van der Waals surface area contributed by atoms with E-state index in [9.17, 15) is 8.42 Å². The molecule has 1 aromatic carbocycles. The quantitative estimate of drug-likeness (QED) is 0.709. The van der Waals surface area contributed by atoms with Gasteiger partial charge < -0.3 is 15.4 Å². The molecule has 0 unspecified atom stereocenters. The molecular weight excluding hydrogens is 378 g/mol. The molecule has 9 heteroatoms. The molecule has 2 aromatic heterocycles. The second-order valence-corrected chi connectivity index (χ2v) is 8.19. The monoisotopic (exact) mass is 397 g/mol. The number of aromatic nitrogens is 3. The van der Waals surface area contributed by atoms with Crippen LogP contribution in [-0.4, -0.2) is 49.7 Å². The van der Waals surface area contributed by atoms with Gasteiger partial charge in [-0.3, -0.25) is 0 Å². The average molecular weight is 397 g/mol. The highest BCUT2D eigenvalue weighted by atomic mass is 32.2. The Labute approximate surface area is 162 Å². The predicted molar refractivity (Wildman–Crippen MR) is 105 cm³/mol. The third kappa shape index (κ3) is 3.67. The first-order valence-corrected chi connectivity index (χ1v) is 10.3. The molecule has 8 nitrogen and oxygen atoms in total. The van der Waals surface area contributed by atoms with E-state index in [0.29, 0.717) is 37.6 Å². The van der Waals surface area contributed by atoms with Crippen molar-refractivity contribution < 1.29 is 13.2 Å². The summed E-state index contributed by atoms with van der Waals surface area (Å²) in [6.45, 7) is 2.52. The van der Waals surface area contributed by atoms with E-state index < -0.39 is 9.84 Å². The van der Waals surface area contributed by atoms with Crippen molar-refractivity contribution in [3.8, 4) is 11.3 Å². The number of pyridine rings is 1. The maximum atomic E-state index is 13.1. The van der Waals surface area contributed by atoms with E-state index in [0.717, 1.165) is 5.69 Å². The topological polar surface area (TPSA) is 111 Å². The molecule has 0 radical (unpaired) electrons. The molecule has 0 aliphatic carbocycles. The van der Waals surface area contributed by atoms with Crippen LogP contribution in [0.2, 0.25) is 0 Å². The van der Waals surface area contributed by atoms with Crippen molar-refractivity contribution in [2.24, 2.45) is 0 Å². The molecule has 0 amide bonds. The third-order valence-corrected chi connectivity index (χ3v) is 6.11. The second-order valence-electron chi connectivity index (χ2n) is 6.29. The summed E-state index contributed by atoms with van der Waals surface area (Å²) < 4.78 is 31.7. The fraction of sp³-hybridized carbons (Fsp3) is 0.211. The van der Waals surface area contributed by atoms with Gasteiger partial charge in [0, 0.05) is 36.7 Å². The molecule has 0 bridgehead atoms. The van der Waals surface area contributed by atoms with Gasteiger partial charge in [0.05, 0.1) is 23.8 Å². The van der Waals surface area contributed by atoms with Crippen LogP contribution < -0.4 is 10.6 Å².